The van der Waals surface area contributed by atoms with Gasteiger partial charge in [0.25, 0.3) is 0 Å². The highest BCUT2D eigenvalue weighted by Crippen LogP contribution is 2.41. The molecule has 2 rings (SSSR count). The fourth-order valence-corrected chi connectivity index (χ4v) is 2.81. The molecule has 1 aromatic carbocycles. The van der Waals surface area contributed by atoms with Crippen LogP contribution < -0.4 is 15.2 Å². The first-order valence-electron chi connectivity index (χ1n) is 7.54. The minimum Gasteiger partial charge on any atom is -0.493 e. The predicted molar refractivity (Wildman–Crippen MR) is 88.2 cm³/mol. The van der Waals surface area contributed by atoms with Crippen molar-refractivity contribution in [1.29, 1.82) is 5.26 Å². The number of Topliss-reactive ketones (excluding diaryl/α,β-unsaturated/α-hetero) is 1. The van der Waals surface area contributed by atoms with Gasteiger partial charge in [-0.2, -0.15) is 5.26 Å². The van der Waals surface area contributed by atoms with Gasteiger partial charge in [-0.05, 0) is 38.5 Å². The topological polar surface area (TPSA) is 94.6 Å². The Morgan fingerprint density at radius 2 is 2.12 bits per heavy atom. The smallest absolute Gasteiger partial charge is 0.205 e. The SMILES string of the molecule is CCOc1ccc([C@@H]2C(C#N)=C(N)OC(C)=C2C(C)=O)cc1OC. The van der Waals surface area contributed by atoms with Crippen LogP contribution in [-0.4, -0.2) is 19.5 Å². The Bertz CT molecular complexity index is 772. The molecular formula is C18H20N2O4. The van der Waals surface area contributed by atoms with Crippen LogP contribution >= 0.6 is 0 Å². The highest BCUT2D eigenvalue weighted by molar-refractivity contribution is 5.96. The number of ketones is 1. The van der Waals surface area contributed by atoms with Gasteiger partial charge in [0.15, 0.2) is 17.3 Å². The van der Waals surface area contributed by atoms with Crippen molar-refractivity contribution in [1.82, 2.24) is 0 Å². The minimum atomic E-state index is -0.592. The number of nitriles is 1. The molecule has 6 heteroatoms. The molecule has 1 atom stereocenters. The molecule has 2 N–H and O–H groups in total. The Hall–Kier alpha value is -2.94. The zero-order valence-electron chi connectivity index (χ0n) is 14.2. The molecule has 24 heavy (non-hydrogen) atoms. The van der Waals surface area contributed by atoms with Crippen molar-refractivity contribution in [2.75, 3.05) is 13.7 Å². The van der Waals surface area contributed by atoms with Crippen LogP contribution in [0.25, 0.3) is 0 Å². The van der Waals surface area contributed by atoms with Gasteiger partial charge in [-0.15, -0.1) is 0 Å². The Kier molecular flexibility index (Phi) is 5.14. The van der Waals surface area contributed by atoms with Gasteiger partial charge in [-0.1, -0.05) is 6.07 Å². The number of hydrogen-bond acceptors (Lipinski definition) is 6. The lowest BCUT2D eigenvalue weighted by atomic mass is 9.81. The fourth-order valence-electron chi connectivity index (χ4n) is 2.81. The molecule has 0 radical (unpaired) electrons. The molecule has 126 valence electrons. The second-order valence-electron chi connectivity index (χ2n) is 5.29. The third-order valence-corrected chi connectivity index (χ3v) is 3.81. The maximum atomic E-state index is 12.1. The molecule has 0 bridgehead atoms. The molecule has 0 unspecified atom stereocenters. The van der Waals surface area contributed by atoms with E-state index in [2.05, 4.69) is 6.07 Å². The van der Waals surface area contributed by atoms with E-state index in [1.807, 2.05) is 6.92 Å². The van der Waals surface area contributed by atoms with Crippen LogP contribution in [0.15, 0.2) is 41.0 Å². The van der Waals surface area contributed by atoms with Crippen molar-refractivity contribution in [2.24, 2.45) is 5.73 Å². The first kappa shape index (κ1) is 17.4. The predicted octanol–water partition coefficient (Wildman–Crippen LogP) is 2.76. The molecule has 1 aliphatic rings. The Labute approximate surface area is 141 Å². The second kappa shape index (κ2) is 7.09. The van der Waals surface area contributed by atoms with Crippen molar-refractivity contribution in [3.8, 4) is 17.6 Å². The Balaban J connectivity index is 2.63. The van der Waals surface area contributed by atoms with E-state index < -0.39 is 5.92 Å². The third-order valence-electron chi connectivity index (χ3n) is 3.81. The van der Waals surface area contributed by atoms with Crippen LogP contribution in [0, 0.1) is 11.3 Å². The number of ether oxygens (including phenoxy) is 3. The number of carbonyl (C=O) groups excluding carboxylic acids is 1. The van der Waals surface area contributed by atoms with Gasteiger partial charge in [0.2, 0.25) is 5.88 Å². The lowest BCUT2D eigenvalue weighted by Gasteiger charge is -2.27. The van der Waals surface area contributed by atoms with E-state index in [0.29, 0.717) is 35.0 Å². The maximum Gasteiger partial charge on any atom is 0.205 e. The van der Waals surface area contributed by atoms with Crippen molar-refractivity contribution in [3.05, 3.63) is 46.6 Å². The van der Waals surface area contributed by atoms with Crippen LogP contribution in [0.4, 0.5) is 0 Å². The van der Waals surface area contributed by atoms with Crippen LogP contribution in [0.3, 0.4) is 0 Å². The summed E-state index contributed by atoms with van der Waals surface area (Å²) >= 11 is 0. The summed E-state index contributed by atoms with van der Waals surface area (Å²) in [6, 6.07) is 7.36. The van der Waals surface area contributed by atoms with Crippen LogP contribution in [0.2, 0.25) is 0 Å². The number of allylic oxidation sites excluding steroid dienone is 3. The quantitative estimate of drug-likeness (QED) is 0.893. The summed E-state index contributed by atoms with van der Waals surface area (Å²) in [6.07, 6.45) is 0. The first-order valence-corrected chi connectivity index (χ1v) is 7.54. The molecule has 0 fully saturated rings. The summed E-state index contributed by atoms with van der Waals surface area (Å²) in [5.74, 6) is 0.764. The molecule has 1 aliphatic heterocycles. The van der Waals surface area contributed by atoms with Crippen molar-refractivity contribution in [2.45, 2.75) is 26.7 Å². The number of methoxy groups -OCH3 is 1. The summed E-state index contributed by atoms with van der Waals surface area (Å²) in [5, 5.41) is 9.49. The van der Waals surface area contributed by atoms with E-state index in [4.69, 9.17) is 19.9 Å². The normalized spacial score (nSPS) is 17.2. The number of nitrogens with two attached hydrogens (primary N) is 1. The average Bonchev–Trinajstić information content (AvgIpc) is 2.54. The van der Waals surface area contributed by atoms with Crippen LogP contribution in [-0.2, 0) is 9.53 Å². The van der Waals surface area contributed by atoms with Crippen molar-refractivity contribution >= 4 is 5.78 Å². The molecule has 0 saturated carbocycles. The average molecular weight is 328 g/mol. The summed E-state index contributed by atoms with van der Waals surface area (Å²) < 4.78 is 16.2. The number of hydrogen-bond donors (Lipinski definition) is 1. The van der Waals surface area contributed by atoms with Gasteiger partial charge >= 0.3 is 0 Å². The van der Waals surface area contributed by atoms with E-state index in [-0.39, 0.29) is 17.2 Å². The van der Waals surface area contributed by atoms with Gasteiger partial charge < -0.3 is 19.9 Å². The van der Waals surface area contributed by atoms with Gasteiger partial charge in [-0.3, -0.25) is 4.79 Å². The van der Waals surface area contributed by atoms with E-state index in [1.165, 1.54) is 14.0 Å². The molecule has 0 saturated heterocycles. The largest absolute Gasteiger partial charge is 0.493 e. The number of nitrogens with zero attached hydrogens (tertiary/aromatic N) is 1. The lowest BCUT2D eigenvalue weighted by molar-refractivity contribution is -0.114. The number of rotatable bonds is 5. The van der Waals surface area contributed by atoms with Crippen molar-refractivity contribution in [3.63, 3.8) is 0 Å². The second-order valence-corrected chi connectivity index (χ2v) is 5.29. The molecular weight excluding hydrogens is 308 g/mol. The molecule has 0 amide bonds. The maximum absolute atomic E-state index is 12.1. The van der Waals surface area contributed by atoms with Gasteiger partial charge in [0, 0.05) is 5.57 Å². The molecule has 1 aromatic rings. The minimum absolute atomic E-state index is 0.0119. The van der Waals surface area contributed by atoms with Gasteiger partial charge in [-0.25, -0.2) is 0 Å². The Morgan fingerprint density at radius 1 is 1.42 bits per heavy atom. The number of benzene rings is 1. The van der Waals surface area contributed by atoms with Gasteiger partial charge in [0.05, 0.1) is 19.6 Å². The molecule has 0 aromatic heterocycles. The van der Waals surface area contributed by atoms with Crippen molar-refractivity contribution < 1.29 is 19.0 Å². The zero-order chi connectivity index (χ0) is 17.9. The van der Waals surface area contributed by atoms with Gasteiger partial charge in [0.1, 0.15) is 17.4 Å². The summed E-state index contributed by atoms with van der Waals surface area (Å²) in [6.45, 7) is 5.48. The highest BCUT2D eigenvalue weighted by atomic mass is 16.5. The summed E-state index contributed by atoms with van der Waals surface area (Å²) in [7, 11) is 1.54. The van der Waals surface area contributed by atoms with E-state index >= 15 is 0 Å². The van der Waals surface area contributed by atoms with E-state index in [0.717, 1.165) is 0 Å². The van der Waals surface area contributed by atoms with Crippen LogP contribution in [0.5, 0.6) is 11.5 Å². The molecule has 1 heterocycles. The summed E-state index contributed by atoms with van der Waals surface area (Å²) in [5.41, 5.74) is 7.18. The fraction of sp³-hybridized carbons (Fsp3) is 0.333. The highest BCUT2D eigenvalue weighted by Gasteiger charge is 2.34. The summed E-state index contributed by atoms with van der Waals surface area (Å²) in [4.78, 5) is 12.1. The molecule has 0 spiro atoms. The monoisotopic (exact) mass is 328 g/mol. The standard InChI is InChI=1S/C18H20N2O4/c1-5-23-14-7-6-12(8-15(14)22-4)17-13(9-19)18(20)24-11(3)16(17)10(2)21/h6-8,17H,5,20H2,1-4H3/t17-/m1/s1. The lowest BCUT2D eigenvalue weighted by Crippen LogP contribution is -2.23. The first-order chi connectivity index (χ1) is 11.4. The zero-order valence-corrected chi connectivity index (χ0v) is 14.2. The van der Waals surface area contributed by atoms with E-state index in [1.54, 1.807) is 25.1 Å². The third kappa shape index (κ3) is 3.06. The van der Waals surface area contributed by atoms with E-state index in [9.17, 15) is 10.1 Å². The number of carbonyl (C=O) groups is 1. The molecule has 0 aliphatic carbocycles. The van der Waals surface area contributed by atoms with Crippen LogP contribution in [0.1, 0.15) is 32.3 Å². The molecule has 6 nitrogen and oxygen atoms in total. The Morgan fingerprint density at radius 3 is 2.67 bits per heavy atom.